The maximum atomic E-state index is 5.16. The van der Waals surface area contributed by atoms with Crippen LogP contribution in [0.2, 0.25) is 0 Å². The van der Waals surface area contributed by atoms with E-state index >= 15 is 0 Å². The number of benzene rings is 1. The summed E-state index contributed by atoms with van der Waals surface area (Å²) in [5.74, 6) is 0. The van der Waals surface area contributed by atoms with Gasteiger partial charge in [-0.15, -0.1) is 0 Å². The summed E-state index contributed by atoms with van der Waals surface area (Å²) >= 11 is 0. The van der Waals surface area contributed by atoms with E-state index in [1.165, 1.54) is 11.1 Å². The largest absolute Gasteiger partial charge is 0.382 e. The van der Waals surface area contributed by atoms with Crippen LogP contribution >= 0.6 is 0 Å². The quantitative estimate of drug-likeness (QED) is 0.537. The lowest BCUT2D eigenvalue weighted by Gasteiger charge is -2.06. The van der Waals surface area contributed by atoms with E-state index in [0.29, 0.717) is 26.4 Å². The standard InChI is InChI=1S/C12H19NO3/c1-14-7-8-16-13-9-11-3-5-12(6-4-11)10-15-2/h3-6,13H,7-10H2,1-2H3. The summed E-state index contributed by atoms with van der Waals surface area (Å²) < 4.78 is 9.90. The molecule has 1 aromatic rings. The van der Waals surface area contributed by atoms with Crippen molar-refractivity contribution in [2.24, 2.45) is 0 Å². The third-order valence-corrected chi connectivity index (χ3v) is 2.10. The molecular weight excluding hydrogens is 206 g/mol. The molecule has 0 spiro atoms. The van der Waals surface area contributed by atoms with E-state index < -0.39 is 0 Å². The molecular formula is C12H19NO3. The number of rotatable bonds is 8. The molecule has 16 heavy (non-hydrogen) atoms. The predicted octanol–water partition coefficient (Wildman–Crippen LogP) is 1.50. The summed E-state index contributed by atoms with van der Waals surface area (Å²) in [5.41, 5.74) is 5.23. The number of ether oxygens (including phenoxy) is 2. The van der Waals surface area contributed by atoms with Crippen molar-refractivity contribution in [3.63, 3.8) is 0 Å². The van der Waals surface area contributed by atoms with Crippen molar-refractivity contribution in [2.75, 3.05) is 27.4 Å². The lowest BCUT2D eigenvalue weighted by Crippen LogP contribution is -2.17. The number of methoxy groups -OCH3 is 2. The van der Waals surface area contributed by atoms with Crippen molar-refractivity contribution in [3.8, 4) is 0 Å². The minimum absolute atomic E-state index is 0.554. The molecule has 0 bridgehead atoms. The second-order valence-corrected chi connectivity index (χ2v) is 3.41. The Morgan fingerprint density at radius 3 is 2.25 bits per heavy atom. The molecule has 0 saturated carbocycles. The van der Waals surface area contributed by atoms with Crippen LogP contribution in [-0.2, 0) is 27.5 Å². The van der Waals surface area contributed by atoms with Crippen molar-refractivity contribution in [3.05, 3.63) is 35.4 Å². The molecule has 0 aliphatic heterocycles. The molecule has 0 radical (unpaired) electrons. The lowest BCUT2D eigenvalue weighted by molar-refractivity contribution is 0.00346. The first kappa shape index (κ1) is 13.1. The summed E-state index contributed by atoms with van der Waals surface area (Å²) in [4.78, 5) is 5.16. The Morgan fingerprint density at radius 1 is 0.938 bits per heavy atom. The molecule has 0 aliphatic rings. The smallest absolute Gasteiger partial charge is 0.0916 e. The minimum atomic E-state index is 0.554. The Kier molecular flexibility index (Phi) is 6.76. The fraction of sp³-hybridized carbons (Fsp3) is 0.500. The fourth-order valence-electron chi connectivity index (χ4n) is 1.25. The normalized spacial score (nSPS) is 10.6. The fourth-order valence-corrected chi connectivity index (χ4v) is 1.25. The summed E-state index contributed by atoms with van der Waals surface area (Å²) in [5, 5.41) is 0. The molecule has 0 fully saturated rings. The first-order valence-electron chi connectivity index (χ1n) is 5.27. The van der Waals surface area contributed by atoms with Gasteiger partial charge in [0.05, 0.1) is 19.8 Å². The summed E-state index contributed by atoms with van der Waals surface area (Å²) in [6, 6.07) is 8.22. The van der Waals surface area contributed by atoms with Gasteiger partial charge in [-0.2, -0.15) is 5.48 Å². The van der Waals surface area contributed by atoms with Gasteiger partial charge in [0.25, 0.3) is 0 Å². The van der Waals surface area contributed by atoms with Gasteiger partial charge in [-0.05, 0) is 11.1 Å². The van der Waals surface area contributed by atoms with Crippen LogP contribution in [0.3, 0.4) is 0 Å². The monoisotopic (exact) mass is 225 g/mol. The average molecular weight is 225 g/mol. The number of hydrogen-bond acceptors (Lipinski definition) is 4. The van der Waals surface area contributed by atoms with Crippen LogP contribution in [0.25, 0.3) is 0 Å². The Hall–Kier alpha value is -0.940. The molecule has 0 amide bonds. The van der Waals surface area contributed by atoms with Gasteiger partial charge in [0, 0.05) is 20.8 Å². The Balaban J connectivity index is 2.21. The van der Waals surface area contributed by atoms with Gasteiger partial charge in [-0.1, -0.05) is 24.3 Å². The minimum Gasteiger partial charge on any atom is -0.382 e. The van der Waals surface area contributed by atoms with Gasteiger partial charge in [0.15, 0.2) is 0 Å². The number of hydrogen-bond donors (Lipinski definition) is 1. The average Bonchev–Trinajstić information content (AvgIpc) is 2.31. The number of hydroxylamine groups is 1. The first-order valence-corrected chi connectivity index (χ1v) is 5.27. The van der Waals surface area contributed by atoms with Gasteiger partial charge in [0.1, 0.15) is 0 Å². The molecule has 0 atom stereocenters. The van der Waals surface area contributed by atoms with Crippen molar-refractivity contribution in [2.45, 2.75) is 13.2 Å². The molecule has 1 aromatic carbocycles. The SMILES string of the molecule is COCCONCc1ccc(COC)cc1. The van der Waals surface area contributed by atoms with E-state index in [0.717, 1.165) is 0 Å². The van der Waals surface area contributed by atoms with Crippen LogP contribution in [0.1, 0.15) is 11.1 Å². The molecule has 0 heterocycles. The van der Waals surface area contributed by atoms with Crippen molar-refractivity contribution in [1.82, 2.24) is 5.48 Å². The van der Waals surface area contributed by atoms with E-state index in [-0.39, 0.29) is 0 Å². The highest BCUT2D eigenvalue weighted by molar-refractivity contribution is 5.21. The highest BCUT2D eigenvalue weighted by Gasteiger charge is 1.94. The molecule has 90 valence electrons. The summed E-state index contributed by atoms with van der Waals surface area (Å²) in [7, 11) is 3.34. The van der Waals surface area contributed by atoms with Crippen LogP contribution in [0.4, 0.5) is 0 Å². The maximum Gasteiger partial charge on any atom is 0.0916 e. The van der Waals surface area contributed by atoms with E-state index in [1.54, 1.807) is 14.2 Å². The van der Waals surface area contributed by atoms with E-state index in [9.17, 15) is 0 Å². The van der Waals surface area contributed by atoms with Gasteiger partial charge >= 0.3 is 0 Å². The van der Waals surface area contributed by atoms with Crippen molar-refractivity contribution < 1.29 is 14.3 Å². The van der Waals surface area contributed by atoms with Crippen LogP contribution < -0.4 is 5.48 Å². The van der Waals surface area contributed by atoms with Crippen molar-refractivity contribution in [1.29, 1.82) is 0 Å². The van der Waals surface area contributed by atoms with E-state index in [1.807, 2.05) is 0 Å². The molecule has 0 unspecified atom stereocenters. The van der Waals surface area contributed by atoms with Gasteiger partial charge < -0.3 is 9.47 Å². The highest BCUT2D eigenvalue weighted by atomic mass is 16.7. The summed E-state index contributed by atoms with van der Waals surface area (Å²) in [6.07, 6.45) is 0. The molecule has 1 N–H and O–H groups in total. The highest BCUT2D eigenvalue weighted by Crippen LogP contribution is 2.05. The number of nitrogens with one attached hydrogen (secondary N) is 1. The third kappa shape index (κ3) is 5.23. The molecule has 0 aromatic heterocycles. The molecule has 0 aliphatic carbocycles. The zero-order valence-electron chi connectivity index (χ0n) is 9.86. The van der Waals surface area contributed by atoms with Gasteiger partial charge in [0.2, 0.25) is 0 Å². The third-order valence-electron chi connectivity index (χ3n) is 2.10. The van der Waals surface area contributed by atoms with Crippen molar-refractivity contribution >= 4 is 0 Å². The van der Waals surface area contributed by atoms with Crippen LogP contribution in [0.5, 0.6) is 0 Å². The topological polar surface area (TPSA) is 39.7 Å². The Morgan fingerprint density at radius 2 is 1.62 bits per heavy atom. The Bertz CT molecular complexity index is 274. The van der Waals surface area contributed by atoms with Gasteiger partial charge in [-0.25, -0.2) is 0 Å². The van der Waals surface area contributed by atoms with Crippen LogP contribution in [-0.4, -0.2) is 27.4 Å². The Labute approximate surface area is 96.5 Å². The van der Waals surface area contributed by atoms with Crippen LogP contribution in [0, 0.1) is 0 Å². The van der Waals surface area contributed by atoms with E-state index in [2.05, 4.69) is 29.7 Å². The molecule has 4 heteroatoms. The summed E-state index contributed by atoms with van der Waals surface area (Å²) in [6.45, 7) is 2.49. The zero-order chi connectivity index (χ0) is 11.6. The second-order valence-electron chi connectivity index (χ2n) is 3.41. The second kappa shape index (κ2) is 8.24. The van der Waals surface area contributed by atoms with Crippen LogP contribution in [0.15, 0.2) is 24.3 Å². The molecule has 0 saturated heterocycles. The molecule has 4 nitrogen and oxygen atoms in total. The maximum absolute atomic E-state index is 5.16. The predicted molar refractivity (Wildman–Crippen MR) is 61.8 cm³/mol. The van der Waals surface area contributed by atoms with E-state index in [4.69, 9.17) is 14.3 Å². The lowest BCUT2D eigenvalue weighted by atomic mass is 10.1. The van der Waals surface area contributed by atoms with Gasteiger partial charge in [-0.3, -0.25) is 4.84 Å². The zero-order valence-corrected chi connectivity index (χ0v) is 9.86. The first-order chi connectivity index (χ1) is 7.86. The molecule has 1 rings (SSSR count).